The summed E-state index contributed by atoms with van der Waals surface area (Å²) in [6.45, 7) is 6.72. The average Bonchev–Trinajstić information content (AvgIpc) is 2.91. The summed E-state index contributed by atoms with van der Waals surface area (Å²) in [6.07, 6.45) is 1.70. The van der Waals surface area contributed by atoms with E-state index in [0.29, 0.717) is 23.6 Å². The summed E-state index contributed by atoms with van der Waals surface area (Å²) < 4.78 is 1.62. The van der Waals surface area contributed by atoms with Gasteiger partial charge in [-0.15, -0.1) is 11.3 Å². The maximum atomic E-state index is 13.1. The predicted octanol–water partition coefficient (Wildman–Crippen LogP) is 2.75. The van der Waals surface area contributed by atoms with Crippen molar-refractivity contribution in [3.63, 3.8) is 0 Å². The van der Waals surface area contributed by atoms with Gasteiger partial charge in [0.25, 0.3) is 5.56 Å². The van der Waals surface area contributed by atoms with Gasteiger partial charge < -0.3 is 5.32 Å². The normalized spacial score (nSPS) is 11.0. The lowest BCUT2D eigenvalue weighted by Crippen LogP contribution is -2.27. The summed E-state index contributed by atoms with van der Waals surface area (Å²) >= 11 is 2.79. The first-order valence-corrected chi connectivity index (χ1v) is 10.1. The topological polar surface area (TPSA) is 76.9 Å². The van der Waals surface area contributed by atoms with Crippen LogP contribution in [0.2, 0.25) is 0 Å². The van der Waals surface area contributed by atoms with Crippen LogP contribution < -0.4 is 10.9 Å². The van der Waals surface area contributed by atoms with Crippen molar-refractivity contribution >= 4 is 39.2 Å². The van der Waals surface area contributed by atoms with Crippen LogP contribution in [0.15, 0.2) is 34.3 Å². The minimum atomic E-state index is -0.0825. The molecule has 1 amide bonds. The van der Waals surface area contributed by atoms with E-state index in [0.717, 1.165) is 21.0 Å². The van der Waals surface area contributed by atoms with Crippen molar-refractivity contribution in [3.8, 4) is 0 Å². The quantitative estimate of drug-likeness (QED) is 0.519. The Balaban J connectivity index is 2.06. The molecule has 0 aliphatic heterocycles. The van der Waals surface area contributed by atoms with Crippen LogP contribution >= 0.6 is 23.1 Å². The highest BCUT2D eigenvalue weighted by molar-refractivity contribution is 7.99. The third kappa shape index (κ3) is 3.81. The van der Waals surface area contributed by atoms with E-state index in [2.05, 4.69) is 15.3 Å². The Morgan fingerprint density at radius 3 is 2.85 bits per heavy atom. The molecule has 0 unspecified atom stereocenters. The Morgan fingerprint density at radius 1 is 1.35 bits per heavy atom. The van der Waals surface area contributed by atoms with Crippen molar-refractivity contribution < 1.29 is 4.79 Å². The standard InChI is InChI=1S/C18H20N4O2S2/c1-4-19-14(23)10-25-18-21-16-15(11(2)12(3)26-16)17(24)22(18)9-13-7-5-6-8-20-13/h5-8H,4,9-10H2,1-3H3,(H,19,23). The van der Waals surface area contributed by atoms with Gasteiger partial charge in [0.1, 0.15) is 4.83 Å². The van der Waals surface area contributed by atoms with Crippen molar-refractivity contribution in [1.82, 2.24) is 19.9 Å². The van der Waals surface area contributed by atoms with Gasteiger partial charge in [-0.1, -0.05) is 17.8 Å². The molecule has 0 radical (unpaired) electrons. The Morgan fingerprint density at radius 2 is 2.15 bits per heavy atom. The molecule has 0 saturated carbocycles. The number of carbonyl (C=O) groups is 1. The highest BCUT2D eigenvalue weighted by atomic mass is 32.2. The zero-order chi connectivity index (χ0) is 18.7. The smallest absolute Gasteiger partial charge is 0.263 e. The number of hydrogen-bond donors (Lipinski definition) is 1. The molecule has 136 valence electrons. The zero-order valence-electron chi connectivity index (χ0n) is 14.9. The molecule has 0 aromatic carbocycles. The number of thioether (sulfide) groups is 1. The molecule has 6 nitrogen and oxygen atoms in total. The van der Waals surface area contributed by atoms with Crippen molar-refractivity contribution in [2.24, 2.45) is 0 Å². The van der Waals surface area contributed by atoms with Gasteiger partial charge in [-0.25, -0.2) is 4.98 Å². The highest BCUT2D eigenvalue weighted by Gasteiger charge is 2.18. The Labute approximate surface area is 159 Å². The maximum Gasteiger partial charge on any atom is 0.263 e. The van der Waals surface area contributed by atoms with Crippen LogP contribution in [0.3, 0.4) is 0 Å². The number of aryl methyl sites for hydroxylation is 2. The SMILES string of the molecule is CCNC(=O)CSc1nc2sc(C)c(C)c2c(=O)n1Cc1ccccn1. The fraction of sp³-hybridized carbons (Fsp3) is 0.333. The van der Waals surface area contributed by atoms with Gasteiger partial charge in [0, 0.05) is 17.6 Å². The van der Waals surface area contributed by atoms with E-state index in [-0.39, 0.29) is 17.2 Å². The molecule has 3 aromatic heterocycles. The minimum absolute atomic E-state index is 0.0743. The second kappa shape index (κ2) is 8.01. The number of fused-ring (bicyclic) bond motifs is 1. The molecule has 0 bridgehead atoms. The van der Waals surface area contributed by atoms with Crippen LogP contribution in [-0.4, -0.2) is 32.7 Å². The molecule has 3 aromatic rings. The maximum absolute atomic E-state index is 13.1. The number of amides is 1. The largest absolute Gasteiger partial charge is 0.356 e. The van der Waals surface area contributed by atoms with E-state index in [1.54, 1.807) is 10.8 Å². The number of carbonyl (C=O) groups excluding carboxylic acids is 1. The van der Waals surface area contributed by atoms with Crippen LogP contribution in [0.1, 0.15) is 23.1 Å². The summed E-state index contributed by atoms with van der Waals surface area (Å²) in [6, 6.07) is 5.60. The molecule has 3 rings (SSSR count). The first-order valence-electron chi connectivity index (χ1n) is 8.31. The first kappa shape index (κ1) is 18.6. The van der Waals surface area contributed by atoms with E-state index in [1.165, 1.54) is 23.1 Å². The summed E-state index contributed by atoms with van der Waals surface area (Å²) in [5.74, 6) is 0.145. The predicted molar refractivity (Wildman–Crippen MR) is 106 cm³/mol. The number of hydrogen-bond acceptors (Lipinski definition) is 6. The van der Waals surface area contributed by atoms with E-state index in [4.69, 9.17) is 0 Å². The second-order valence-corrected chi connectivity index (χ2v) is 7.96. The molecule has 0 aliphatic carbocycles. The van der Waals surface area contributed by atoms with Gasteiger partial charge in [0.05, 0.1) is 23.4 Å². The number of pyridine rings is 1. The molecule has 3 heterocycles. The minimum Gasteiger partial charge on any atom is -0.356 e. The van der Waals surface area contributed by atoms with Crippen molar-refractivity contribution in [2.45, 2.75) is 32.5 Å². The summed E-state index contributed by atoms with van der Waals surface area (Å²) in [5, 5.41) is 3.97. The number of rotatable bonds is 6. The van der Waals surface area contributed by atoms with E-state index < -0.39 is 0 Å². The van der Waals surface area contributed by atoms with Gasteiger partial charge in [-0.3, -0.25) is 19.1 Å². The van der Waals surface area contributed by atoms with Gasteiger partial charge in [-0.05, 0) is 38.5 Å². The number of nitrogens with zero attached hydrogens (tertiary/aromatic N) is 3. The summed E-state index contributed by atoms with van der Waals surface area (Å²) in [5.41, 5.74) is 1.67. The third-order valence-corrected chi connectivity index (χ3v) is 6.08. The Hall–Kier alpha value is -2.19. The first-order chi connectivity index (χ1) is 12.5. The van der Waals surface area contributed by atoms with Gasteiger partial charge in [0.2, 0.25) is 5.91 Å². The molecule has 0 aliphatic rings. The molecular formula is C18H20N4O2S2. The third-order valence-electron chi connectivity index (χ3n) is 4.01. The van der Waals surface area contributed by atoms with Gasteiger partial charge in [-0.2, -0.15) is 0 Å². The molecule has 0 fully saturated rings. The van der Waals surface area contributed by atoms with Crippen LogP contribution in [0.4, 0.5) is 0 Å². The molecule has 0 saturated heterocycles. The molecule has 0 spiro atoms. The number of thiophene rings is 1. The molecular weight excluding hydrogens is 368 g/mol. The Bertz CT molecular complexity index is 996. The fourth-order valence-electron chi connectivity index (χ4n) is 2.59. The summed E-state index contributed by atoms with van der Waals surface area (Å²) in [4.78, 5) is 35.8. The van der Waals surface area contributed by atoms with Gasteiger partial charge in [0.15, 0.2) is 5.16 Å². The lowest BCUT2D eigenvalue weighted by atomic mass is 10.2. The van der Waals surface area contributed by atoms with Crippen LogP contribution in [0.5, 0.6) is 0 Å². The van der Waals surface area contributed by atoms with Crippen LogP contribution in [0, 0.1) is 13.8 Å². The molecule has 26 heavy (non-hydrogen) atoms. The van der Waals surface area contributed by atoms with Crippen molar-refractivity contribution in [3.05, 3.63) is 50.9 Å². The molecule has 0 atom stereocenters. The zero-order valence-corrected chi connectivity index (χ0v) is 16.5. The number of aromatic nitrogens is 3. The molecule has 8 heteroatoms. The lowest BCUT2D eigenvalue weighted by Gasteiger charge is -2.12. The summed E-state index contributed by atoms with van der Waals surface area (Å²) in [7, 11) is 0. The lowest BCUT2D eigenvalue weighted by molar-refractivity contribution is -0.118. The Kier molecular flexibility index (Phi) is 5.73. The average molecular weight is 389 g/mol. The van der Waals surface area contributed by atoms with Gasteiger partial charge >= 0.3 is 0 Å². The van der Waals surface area contributed by atoms with E-state index >= 15 is 0 Å². The highest BCUT2D eigenvalue weighted by Crippen LogP contribution is 2.28. The second-order valence-electron chi connectivity index (χ2n) is 5.81. The monoisotopic (exact) mass is 388 g/mol. The van der Waals surface area contributed by atoms with Crippen LogP contribution in [-0.2, 0) is 11.3 Å². The van der Waals surface area contributed by atoms with Crippen LogP contribution in [0.25, 0.3) is 10.2 Å². The fourth-order valence-corrected chi connectivity index (χ4v) is 4.49. The van der Waals surface area contributed by atoms with Crippen molar-refractivity contribution in [1.29, 1.82) is 0 Å². The number of nitrogens with one attached hydrogen (secondary N) is 1. The van der Waals surface area contributed by atoms with Crippen molar-refractivity contribution in [2.75, 3.05) is 12.3 Å². The van der Waals surface area contributed by atoms with E-state index in [1.807, 2.05) is 39.0 Å². The van der Waals surface area contributed by atoms with E-state index in [9.17, 15) is 9.59 Å². The molecule has 1 N–H and O–H groups in total.